The molecule has 1 amide bonds. The van der Waals surface area contributed by atoms with Crippen molar-refractivity contribution >= 4 is 5.91 Å². The van der Waals surface area contributed by atoms with Gasteiger partial charge in [0.05, 0.1) is 6.54 Å². The van der Waals surface area contributed by atoms with E-state index < -0.39 is 0 Å². The topological polar surface area (TPSA) is 38.8 Å². The van der Waals surface area contributed by atoms with Gasteiger partial charge in [0.25, 0.3) is 0 Å². The highest BCUT2D eigenvalue weighted by Gasteiger charge is 2.12. The van der Waals surface area contributed by atoms with Crippen LogP contribution in [0.25, 0.3) is 0 Å². The molecule has 1 aliphatic rings. The minimum atomic E-state index is 0.169. The molecule has 0 aliphatic carbocycles. The molecular weight excluding hydrogens is 204 g/mol. The third-order valence-electron chi connectivity index (χ3n) is 2.91. The summed E-state index contributed by atoms with van der Waals surface area (Å²) in [4.78, 5) is 17.6. The van der Waals surface area contributed by atoms with Crippen LogP contribution in [0, 0.1) is 0 Å². The summed E-state index contributed by atoms with van der Waals surface area (Å²) < 4.78 is 0. The molecule has 1 saturated heterocycles. The van der Waals surface area contributed by atoms with Crippen LogP contribution in [0.1, 0.15) is 0 Å². The number of hydrogen-bond acceptors (Lipinski definition) is 4. The molecule has 0 radical (unpaired) electrons. The Morgan fingerprint density at radius 2 is 1.88 bits per heavy atom. The largest absolute Gasteiger partial charge is 0.348 e. The summed E-state index contributed by atoms with van der Waals surface area (Å²) in [5.41, 5.74) is 0. The third kappa shape index (κ3) is 4.92. The maximum atomic E-state index is 11.5. The second-order valence-electron chi connectivity index (χ2n) is 4.62. The van der Waals surface area contributed by atoms with Gasteiger partial charge in [-0.3, -0.25) is 14.6 Å². The first-order valence-electron chi connectivity index (χ1n) is 5.91. The zero-order chi connectivity index (χ0) is 12.0. The maximum absolute atomic E-state index is 11.5. The van der Waals surface area contributed by atoms with E-state index in [0.717, 1.165) is 39.3 Å². The molecule has 1 heterocycles. The minimum absolute atomic E-state index is 0.169. The van der Waals surface area contributed by atoms with Crippen molar-refractivity contribution in [1.29, 1.82) is 0 Å². The highest BCUT2D eigenvalue weighted by molar-refractivity contribution is 5.77. The summed E-state index contributed by atoms with van der Waals surface area (Å²) in [7, 11) is 5.60. The number of nitrogens with one attached hydrogen (secondary N) is 1. The Balaban J connectivity index is 2.13. The Kier molecular flexibility index (Phi) is 5.73. The van der Waals surface area contributed by atoms with Crippen LogP contribution in [-0.2, 0) is 4.79 Å². The predicted octanol–water partition coefficient (Wildman–Crippen LogP) is -1.09. The summed E-state index contributed by atoms with van der Waals surface area (Å²) in [6.07, 6.45) is 0. The smallest absolute Gasteiger partial charge is 0.236 e. The average Bonchev–Trinajstić information content (AvgIpc) is 2.27. The summed E-state index contributed by atoms with van der Waals surface area (Å²) in [5, 5.41) is 3.33. The fourth-order valence-corrected chi connectivity index (χ4v) is 1.70. The number of piperazine rings is 1. The zero-order valence-electron chi connectivity index (χ0n) is 10.7. The number of nitrogens with zero attached hydrogens (tertiary/aromatic N) is 3. The van der Waals surface area contributed by atoms with Gasteiger partial charge >= 0.3 is 0 Å². The van der Waals surface area contributed by atoms with E-state index in [1.54, 1.807) is 19.0 Å². The Bertz CT molecular complexity index is 214. The molecule has 16 heavy (non-hydrogen) atoms. The summed E-state index contributed by atoms with van der Waals surface area (Å²) in [6, 6.07) is 0. The first-order chi connectivity index (χ1) is 7.59. The number of likely N-dealkylation sites (N-methyl/N-ethyl adjacent to an activating group) is 2. The van der Waals surface area contributed by atoms with Crippen molar-refractivity contribution in [2.24, 2.45) is 0 Å². The molecule has 0 atom stereocenters. The predicted molar refractivity (Wildman–Crippen MR) is 65.5 cm³/mol. The molecular formula is C11H24N4O. The van der Waals surface area contributed by atoms with Gasteiger partial charge in [-0.15, -0.1) is 0 Å². The van der Waals surface area contributed by atoms with Crippen LogP contribution in [0.15, 0.2) is 0 Å². The van der Waals surface area contributed by atoms with Gasteiger partial charge in [-0.2, -0.15) is 0 Å². The van der Waals surface area contributed by atoms with Crippen molar-refractivity contribution in [3.63, 3.8) is 0 Å². The monoisotopic (exact) mass is 228 g/mol. The van der Waals surface area contributed by atoms with Gasteiger partial charge < -0.3 is 10.2 Å². The fourth-order valence-electron chi connectivity index (χ4n) is 1.70. The molecule has 94 valence electrons. The van der Waals surface area contributed by atoms with Crippen LogP contribution >= 0.6 is 0 Å². The average molecular weight is 228 g/mol. The normalized spacial score (nSPS) is 17.8. The van der Waals surface area contributed by atoms with Crippen LogP contribution in [-0.4, -0.2) is 87.6 Å². The van der Waals surface area contributed by atoms with Gasteiger partial charge in [0, 0.05) is 53.4 Å². The van der Waals surface area contributed by atoms with Crippen molar-refractivity contribution in [1.82, 2.24) is 20.0 Å². The Morgan fingerprint density at radius 3 is 2.44 bits per heavy atom. The molecule has 1 aliphatic heterocycles. The van der Waals surface area contributed by atoms with Crippen LogP contribution in [0.3, 0.4) is 0 Å². The van der Waals surface area contributed by atoms with Crippen LogP contribution in [0.2, 0.25) is 0 Å². The van der Waals surface area contributed by atoms with Crippen LogP contribution in [0.4, 0.5) is 0 Å². The van der Waals surface area contributed by atoms with E-state index in [4.69, 9.17) is 0 Å². The summed E-state index contributed by atoms with van der Waals surface area (Å²) in [6.45, 7) is 6.93. The van der Waals surface area contributed by atoms with E-state index in [0.29, 0.717) is 6.54 Å². The molecule has 0 aromatic rings. The standard InChI is InChI=1S/C11H24N4O/c1-13(2)11(16)10-14(3)8-9-15-6-4-12-5-7-15/h12H,4-10H2,1-3H3. The number of carbonyl (C=O) groups excluding carboxylic acids is 1. The van der Waals surface area contributed by atoms with Gasteiger partial charge in [-0.05, 0) is 7.05 Å². The lowest BCUT2D eigenvalue weighted by atomic mass is 10.3. The third-order valence-corrected chi connectivity index (χ3v) is 2.91. The van der Waals surface area contributed by atoms with E-state index in [9.17, 15) is 4.79 Å². The molecule has 0 spiro atoms. The molecule has 0 saturated carbocycles. The summed E-state index contributed by atoms with van der Waals surface area (Å²) >= 11 is 0. The second kappa shape index (κ2) is 6.83. The van der Waals surface area contributed by atoms with Crippen molar-refractivity contribution in [2.45, 2.75) is 0 Å². The van der Waals surface area contributed by atoms with Gasteiger partial charge in [0.2, 0.25) is 5.91 Å². The minimum Gasteiger partial charge on any atom is -0.348 e. The van der Waals surface area contributed by atoms with E-state index in [1.807, 2.05) is 7.05 Å². The lowest BCUT2D eigenvalue weighted by Gasteiger charge is -2.29. The number of hydrogen-bond donors (Lipinski definition) is 1. The highest BCUT2D eigenvalue weighted by atomic mass is 16.2. The SMILES string of the molecule is CN(CCN1CCNCC1)CC(=O)N(C)C. The fraction of sp³-hybridized carbons (Fsp3) is 0.909. The summed E-state index contributed by atoms with van der Waals surface area (Å²) in [5.74, 6) is 0.169. The molecule has 1 N–H and O–H groups in total. The van der Waals surface area contributed by atoms with E-state index in [-0.39, 0.29) is 5.91 Å². The van der Waals surface area contributed by atoms with Crippen LogP contribution in [0.5, 0.6) is 0 Å². The van der Waals surface area contributed by atoms with Crippen LogP contribution < -0.4 is 5.32 Å². The quantitative estimate of drug-likeness (QED) is 0.649. The van der Waals surface area contributed by atoms with E-state index >= 15 is 0 Å². The Labute approximate surface area is 98.4 Å². The van der Waals surface area contributed by atoms with Crippen molar-refractivity contribution in [3.05, 3.63) is 0 Å². The first-order valence-corrected chi connectivity index (χ1v) is 5.91. The molecule has 1 rings (SSSR count). The van der Waals surface area contributed by atoms with E-state index in [1.165, 1.54) is 0 Å². The lowest BCUT2D eigenvalue weighted by molar-refractivity contribution is -0.129. The molecule has 1 fully saturated rings. The first kappa shape index (κ1) is 13.4. The van der Waals surface area contributed by atoms with Gasteiger partial charge in [-0.25, -0.2) is 0 Å². The molecule has 0 bridgehead atoms. The Hall–Kier alpha value is -0.650. The molecule has 0 aromatic heterocycles. The van der Waals surface area contributed by atoms with E-state index in [2.05, 4.69) is 15.1 Å². The van der Waals surface area contributed by atoms with Crippen molar-refractivity contribution < 1.29 is 4.79 Å². The van der Waals surface area contributed by atoms with Crippen molar-refractivity contribution in [3.8, 4) is 0 Å². The molecule has 0 unspecified atom stereocenters. The molecule has 5 heteroatoms. The van der Waals surface area contributed by atoms with Gasteiger partial charge in [-0.1, -0.05) is 0 Å². The number of rotatable bonds is 5. The van der Waals surface area contributed by atoms with Crippen molar-refractivity contribution in [2.75, 3.05) is 67.0 Å². The second-order valence-corrected chi connectivity index (χ2v) is 4.62. The molecule has 0 aromatic carbocycles. The Morgan fingerprint density at radius 1 is 1.25 bits per heavy atom. The highest BCUT2D eigenvalue weighted by Crippen LogP contribution is 1.93. The number of amides is 1. The molecule has 5 nitrogen and oxygen atoms in total. The lowest BCUT2D eigenvalue weighted by Crippen LogP contribution is -2.46. The van der Waals surface area contributed by atoms with Gasteiger partial charge in [0.1, 0.15) is 0 Å². The maximum Gasteiger partial charge on any atom is 0.236 e. The van der Waals surface area contributed by atoms with Gasteiger partial charge in [0.15, 0.2) is 0 Å². The zero-order valence-corrected chi connectivity index (χ0v) is 10.7. The number of carbonyl (C=O) groups is 1.